The van der Waals surface area contributed by atoms with E-state index in [1.165, 1.54) is 12.1 Å². The average Bonchev–Trinajstić information content (AvgIpc) is 3.67. The van der Waals surface area contributed by atoms with Gasteiger partial charge in [-0.2, -0.15) is 0 Å². The number of furan rings is 1. The Labute approximate surface area is 245 Å². The van der Waals surface area contributed by atoms with E-state index in [0.717, 1.165) is 23.6 Å². The topological polar surface area (TPSA) is 71.2 Å². The van der Waals surface area contributed by atoms with E-state index in [4.69, 9.17) is 9.15 Å². The number of para-hydroxylation sites is 2. The van der Waals surface area contributed by atoms with Crippen LogP contribution in [0.5, 0.6) is 5.75 Å². The fourth-order valence-electron chi connectivity index (χ4n) is 5.32. The van der Waals surface area contributed by atoms with Crippen molar-refractivity contribution in [2.24, 2.45) is 0 Å². The zero-order chi connectivity index (χ0) is 29.5. The lowest BCUT2D eigenvalue weighted by Gasteiger charge is -2.36. The summed E-state index contributed by atoms with van der Waals surface area (Å²) >= 11 is 0. The summed E-state index contributed by atoms with van der Waals surface area (Å²) in [4.78, 5) is 32.1. The van der Waals surface area contributed by atoms with Gasteiger partial charge in [0.2, 0.25) is 0 Å². The number of ether oxygens (including phenoxy) is 1. The van der Waals surface area contributed by atoms with E-state index in [-0.39, 0.29) is 17.4 Å². The summed E-state index contributed by atoms with van der Waals surface area (Å²) in [5, 5.41) is 0. The van der Waals surface area contributed by atoms with Crippen molar-refractivity contribution >= 4 is 17.5 Å². The summed E-state index contributed by atoms with van der Waals surface area (Å²) in [6.45, 7) is 8.38. The maximum Gasteiger partial charge on any atom is 0.289 e. The molecule has 8 nitrogen and oxygen atoms in total. The second-order valence-electron chi connectivity index (χ2n) is 10.3. The molecule has 1 aliphatic heterocycles. The molecule has 42 heavy (non-hydrogen) atoms. The molecule has 0 unspecified atom stereocenters. The van der Waals surface area contributed by atoms with E-state index < -0.39 is 5.82 Å². The highest BCUT2D eigenvalue weighted by atomic mass is 19.1. The fraction of sp³-hybridized carbons (Fsp3) is 0.333. The van der Waals surface area contributed by atoms with Crippen LogP contribution in [-0.2, 0) is 13.1 Å². The van der Waals surface area contributed by atoms with E-state index in [1.54, 1.807) is 23.1 Å². The Bertz CT molecular complexity index is 1500. The van der Waals surface area contributed by atoms with Crippen LogP contribution in [0, 0.1) is 5.82 Å². The molecule has 220 valence electrons. The first-order chi connectivity index (χ1) is 20.5. The van der Waals surface area contributed by atoms with Crippen molar-refractivity contribution in [2.75, 3.05) is 44.2 Å². The Morgan fingerprint density at radius 3 is 2.45 bits per heavy atom. The monoisotopic (exact) mass is 572 g/mol. The molecule has 0 atom stereocenters. The Hall–Kier alpha value is -4.53. The molecule has 0 radical (unpaired) electrons. The first-order valence-electron chi connectivity index (χ1n) is 14.5. The molecule has 4 aromatic rings. The molecular weight excluding hydrogens is 535 g/mol. The van der Waals surface area contributed by atoms with E-state index in [0.29, 0.717) is 63.9 Å². The fourth-order valence-corrected chi connectivity index (χ4v) is 5.32. The number of rotatable bonds is 11. The lowest BCUT2D eigenvalue weighted by molar-refractivity contribution is 0.0709. The predicted molar refractivity (Wildman–Crippen MR) is 159 cm³/mol. The summed E-state index contributed by atoms with van der Waals surface area (Å²) in [7, 11) is 0. The molecule has 1 fully saturated rings. The molecule has 1 aliphatic rings. The minimum Gasteiger partial charge on any atom is -0.492 e. The highest BCUT2D eigenvalue weighted by molar-refractivity contribution is 5.94. The third-order valence-electron chi connectivity index (χ3n) is 7.43. The number of piperazine rings is 1. The van der Waals surface area contributed by atoms with Crippen LogP contribution in [0.25, 0.3) is 0 Å². The molecule has 2 aromatic heterocycles. The first kappa shape index (κ1) is 29.0. The van der Waals surface area contributed by atoms with Gasteiger partial charge in [-0.05, 0) is 61.9 Å². The average molecular weight is 573 g/mol. The van der Waals surface area contributed by atoms with Crippen molar-refractivity contribution in [3.63, 3.8) is 0 Å². The second-order valence-corrected chi connectivity index (χ2v) is 10.3. The van der Waals surface area contributed by atoms with Crippen LogP contribution < -0.4 is 9.64 Å². The SMILES string of the molecule is CCCN(Cc1cccn1Cc1ccc(C(=O)N2CCN(c3ccccc3OCC)CC2)o1)C(=O)c1ccccc1F. The van der Waals surface area contributed by atoms with Crippen LogP contribution in [-0.4, -0.2) is 65.5 Å². The molecule has 9 heteroatoms. The summed E-state index contributed by atoms with van der Waals surface area (Å²) in [5.41, 5.74) is 2.00. The molecular formula is C33H37FN4O4. The number of nitrogens with zero attached hydrogens (tertiary/aromatic N) is 4. The van der Waals surface area contributed by atoms with Crippen LogP contribution in [0.2, 0.25) is 0 Å². The van der Waals surface area contributed by atoms with Crippen LogP contribution in [0.1, 0.15) is 52.6 Å². The number of hydrogen-bond acceptors (Lipinski definition) is 5. The summed E-state index contributed by atoms with van der Waals surface area (Å²) in [6, 6.07) is 21.4. The van der Waals surface area contributed by atoms with Crippen LogP contribution in [0.3, 0.4) is 0 Å². The van der Waals surface area contributed by atoms with Crippen molar-refractivity contribution in [3.05, 3.63) is 108 Å². The van der Waals surface area contributed by atoms with Crippen molar-refractivity contribution in [3.8, 4) is 5.75 Å². The van der Waals surface area contributed by atoms with Crippen LogP contribution in [0.4, 0.5) is 10.1 Å². The maximum atomic E-state index is 14.3. The van der Waals surface area contributed by atoms with E-state index in [9.17, 15) is 14.0 Å². The van der Waals surface area contributed by atoms with Crippen molar-refractivity contribution in [2.45, 2.75) is 33.4 Å². The van der Waals surface area contributed by atoms with Gasteiger partial charge in [0, 0.05) is 44.6 Å². The largest absolute Gasteiger partial charge is 0.492 e. The van der Waals surface area contributed by atoms with Gasteiger partial charge in [-0.25, -0.2) is 4.39 Å². The maximum absolute atomic E-state index is 14.3. The molecule has 3 heterocycles. The first-order valence-corrected chi connectivity index (χ1v) is 14.5. The second kappa shape index (κ2) is 13.4. The van der Waals surface area contributed by atoms with Crippen LogP contribution in [0.15, 0.2) is 83.4 Å². The molecule has 0 spiro atoms. The molecule has 5 rings (SSSR count). The molecule has 0 N–H and O–H groups in total. The minimum absolute atomic E-state index is 0.0672. The van der Waals surface area contributed by atoms with Crippen molar-refractivity contribution < 1.29 is 23.1 Å². The number of carbonyl (C=O) groups is 2. The van der Waals surface area contributed by atoms with Gasteiger partial charge >= 0.3 is 0 Å². The van der Waals surface area contributed by atoms with Gasteiger partial charge in [0.05, 0.1) is 30.9 Å². The smallest absolute Gasteiger partial charge is 0.289 e. The van der Waals surface area contributed by atoms with E-state index in [2.05, 4.69) is 4.90 Å². The van der Waals surface area contributed by atoms with Gasteiger partial charge in [0.25, 0.3) is 11.8 Å². The Balaban J connectivity index is 1.21. The molecule has 2 aromatic carbocycles. The zero-order valence-electron chi connectivity index (χ0n) is 24.2. The van der Waals surface area contributed by atoms with E-state index >= 15 is 0 Å². The zero-order valence-corrected chi connectivity index (χ0v) is 24.2. The van der Waals surface area contributed by atoms with Gasteiger partial charge < -0.3 is 28.4 Å². The van der Waals surface area contributed by atoms with Gasteiger partial charge in [-0.15, -0.1) is 0 Å². The number of amides is 2. The number of aromatic nitrogens is 1. The third-order valence-corrected chi connectivity index (χ3v) is 7.43. The number of anilines is 1. The lowest BCUT2D eigenvalue weighted by Crippen LogP contribution is -2.48. The predicted octanol–water partition coefficient (Wildman–Crippen LogP) is 5.68. The summed E-state index contributed by atoms with van der Waals surface area (Å²) in [6.07, 6.45) is 2.66. The Morgan fingerprint density at radius 1 is 0.929 bits per heavy atom. The quantitative estimate of drug-likeness (QED) is 0.231. The molecule has 0 saturated carbocycles. The Kier molecular flexibility index (Phi) is 9.26. The van der Waals surface area contributed by atoms with Gasteiger partial charge in [0.15, 0.2) is 5.76 Å². The molecule has 0 bridgehead atoms. The third kappa shape index (κ3) is 6.51. The van der Waals surface area contributed by atoms with Crippen LogP contribution >= 0.6 is 0 Å². The van der Waals surface area contributed by atoms with Gasteiger partial charge in [-0.1, -0.05) is 31.2 Å². The summed E-state index contributed by atoms with van der Waals surface area (Å²) in [5.74, 6) is 0.816. The minimum atomic E-state index is -0.525. The number of carbonyl (C=O) groups excluding carboxylic acids is 2. The number of hydrogen-bond donors (Lipinski definition) is 0. The van der Waals surface area contributed by atoms with Crippen molar-refractivity contribution in [1.82, 2.24) is 14.4 Å². The number of benzene rings is 2. The highest BCUT2D eigenvalue weighted by Gasteiger charge is 2.26. The highest BCUT2D eigenvalue weighted by Crippen LogP contribution is 2.29. The van der Waals surface area contributed by atoms with Crippen molar-refractivity contribution in [1.29, 1.82) is 0 Å². The lowest BCUT2D eigenvalue weighted by atomic mass is 10.1. The normalized spacial score (nSPS) is 13.3. The standard InChI is InChI=1S/C33H37FN4O4/c1-3-17-38(32(39)27-11-5-6-12-28(27)34)23-25-10-9-18-37(25)24-26-15-16-31(42-26)33(40)36-21-19-35(20-22-36)29-13-7-8-14-30(29)41-4-2/h5-16,18H,3-4,17,19-24H2,1-2H3. The number of halogens is 1. The molecule has 0 aliphatic carbocycles. The molecule has 1 saturated heterocycles. The van der Waals surface area contributed by atoms with Gasteiger partial charge in [0.1, 0.15) is 17.3 Å². The molecule has 2 amide bonds. The summed E-state index contributed by atoms with van der Waals surface area (Å²) < 4.78 is 28.1. The Morgan fingerprint density at radius 2 is 1.69 bits per heavy atom. The van der Waals surface area contributed by atoms with E-state index in [1.807, 2.05) is 72.0 Å². The van der Waals surface area contributed by atoms with Gasteiger partial charge in [-0.3, -0.25) is 9.59 Å².